The van der Waals surface area contributed by atoms with Crippen LogP contribution in [0.4, 0.5) is 0 Å². The van der Waals surface area contributed by atoms with Crippen molar-refractivity contribution in [2.75, 3.05) is 6.61 Å². The maximum atomic E-state index is 10.4. The Balaban J connectivity index is 2.57. The third-order valence-corrected chi connectivity index (χ3v) is 2.19. The van der Waals surface area contributed by atoms with Gasteiger partial charge in [0.2, 0.25) is 5.91 Å². The van der Waals surface area contributed by atoms with E-state index < -0.39 is 5.91 Å². The van der Waals surface area contributed by atoms with Crippen molar-refractivity contribution in [3.63, 3.8) is 0 Å². The normalized spacial score (nSPS) is 10.4. The number of benzene rings is 1. The molecule has 1 aromatic rings. The highest BCUT2D eigenvalue weighted by Crippen LogP contribution is 2.30. The van der Waals surface area contributed by atoms with Crippen molar-refractivity contribution in [2.45, 2.75) is 6.54 Å². The van der Waals surface area contributed by atoms with Crippen molar-refractivity contribution in [3.05, 3.63) is 27.7 Å². The molecule has 1 aromatic carbocycles. The molecule has 16 heavy (non-hydrogen) atoms. The zero-order chi connectivity index (χ0) is 12.1. The monoisotopic (exact) mass is 264 g/mol. The highest BCUT2D eigenvalue weighted by molar-refractivity contribution is 6.35. The highest BCUT2D eigenvalue weighted by atomic mass is 35.5. The maximum Gasteiger partial charge on any atom is 0.245 e. The van der Waals surface area contributed by atoms with Crippen LogP contribution in [0.15, 0.2) is 12.1 Å². The van der Waals surface area contributed by atoms with Gasteiger partial charge in [-0.3, -0.25) is 9.63 Å². The summed E-state index contributed by atoms with van der Waals surface area (Å²) in [5.74, 6) is -0.679. The molecule has 1 rings (SSSR count). The van der Waals surface area contributed by atoms with E-state index >= 15 is 0 Å². The number of primary amides is 1. The third kappa shape index (κ3) is 3.86. The number of hydrogen-bond donors (Lipinski definition) is 3. The maximum absolute atomic E-state index is 10.4. The van der Waals surface area contributed by atoms with Gasteiger partial charge in [0.15, 0.2) is 0 Å². The topological polar surface area (TPSA) is 84.6 Å². The molecule has 0 spiro atoms. The Kier molecular flexibility index (Phi) is 4.82. The van der Waals surface area contributed by atoms with Crippen LogP contribution >= 0.6 is 23.2 Å². The molecule has 0 aliphatic heterocycles. The van der Waals surface area contributed by atoms with Gasteiger partial charge in [-0.25, -0.2) is 0 Å². The first kappa shape index (κ1) is 13.1. The zero-order valence-electron chi connectivity index (χ0n) is 8.17. The molecule has 7 heteroatoms. The van der Waals surface area contributed by atoms with Gasteiger partial charge in [0.25, 0.3) is 0 Å². The Morgan fingerprint density at radius 3 is 2.81 bits per heavy atom. The number of phenolic OH excluding ortho intramolecular Hbond substituents is 1. The average molecular weight is 265 g/mol. The van der Waals surface area contributed by atoms with Crippen LogP contribution in [0.3, 0.4) is 0 Å². The predicted octanol–water partition coefficient (Wildman–Crippen LogP) is 1.21. The fourth-order valence-corrected chi connectivity index (χ4v) is 1.54. The van der Waals surface area contributed by atoms with Crippen LogP contribution in [-0.2, 0) is 16.2 Å². The molecule has 0 radical (unpaired) electrons. The van der Waals surface area contributed by atoms with Crippen LogP contribution < -0.4 is 11.2 Å². The van der Waals surface area contributed by atoms with Crippen LogP contribution in [0.1, 0.15) is 5.56 Å². The molecule has 4 N–H and O–H groups in total. The summed E-state index contributed by atoms with van der Waals surface area (Å²) in [5.41, 5.74) is 7.76. The Bertz CT molecular complexity index is 399. The lowest BCUT2D eigenvalue weighted by molar-refractivity contribution is -0.125. The van der Waals surface area contributed by atoms with E-state index in [1.165, 1.54) is 12.1 Å². The molecule has 0 heterocycles. The summed E-state index contributed by atoms with van der Waals surface area (Å²) in [6, 6.07) is 2.95. The van der Waals surface area contributed by atoms with Gasteiger partial charge in [-0.05, 0) is 12.1 Å². The van der Waals surface area contributed by atoms with Crippen LogP contribution in [0, 0.1) is 0 Å². The van der Waals surface area contributed by atoms with E-state index in [1.807, 2.05) is 0 Å². The van der Waals surface area contributed by atoms with Crippen molar-refractivity contribution >= 4 is 29.1 Å². The Hall–Kier alpha value is -1.01. The van der Waals surface area contributed by atoms with Crippen LogP contribution in [0.25, 0.3) is 0 Å². The molecular weight excluding hydrogens is 255 g/mol. The Morgan fingerprint density at radius 2 is 2.19 bits per heavy atom. The Morgan fingerprint density at radius 1 is 1.50 bits per heavy atom. The van der Waals surface area contributed by atoms with Crippen molar-refractivity contribution in [1.82, 2.24) is 5.48 Å². The first-order valence-electron chi connectivity index (χ1n) is 4.30. The lowest BCUT2D eigenvalue weighted by Gasteiger charge is -2.08. The van der Waals surface area contributed by atoms with Crippen molar-refractivity contribution < 1.29 is 14.7 Å². The first-order valence-corrected chi connectivity index (χ1v) is 5.06. The number of hydrogen-bond acceptors (Lipinski definition) is 4. The van der Waals surface area contributed by atoms with Gasteiger partial charge >= 0.3 is 0 Å². The lowest BCUT2D eigenvalue weighted by Crippen LogP contribution is -2.24. The number of carbonyl (C=O) groups is 1. The van der Waals surface area contributed by atoms with Crippen LogP contribution in [0.5, 0.6) is 5.75 Å². The van der Waals surface area contributed by atoms with E-state index in [-0.39, 0.29) is 23.9 Å². The summed E-state index contributed by atoms with van der Waals surface area (Å²) in [7, 11) is 0. The average Bonchev–Trinajstić information content (AvgIpc) is 2.19. The molecule has 0 aliphatic carbocycles. The Labute approximate surface area is 102 Å². The molecule has 0 saturated heterocycles. The van der Waals surface area contributed by atoms with E-state index in [0.29, 0.717) is 10.6 Å². The number of hydroxylamine groups is 1. The molecular formula is C9H10Cl2N2O3. The van der Waals surface area contributed by atoms with Gasteiger partial charge in [-0.15, -0.1) is 0 Å². The second-order valence-corrected chi connectivity index (χ2v) is 3.82. The summed E-state index contributed by atoms with van der Waals surface area (Å²) < 4.78 is 0. The number of carbonyl (C=O) groups excluding carboxylic acids is 1. The number of phenols is 1. The smallest absolute Gasteiger partial charge is 0.245 e. The molecule has 0 saturated carbocycles. The molecule has 0 aliphatic rings. The molecule has 5 nitrogen and oxygen atoms in total. The fraction of sp³-hybridized carbons (Fsp3) is 0.222. The van der Waals surface area contributed by atoms with Crippen molar-refractivity contribution in [2.24, 2.45) is 5.73 Å². The number of rotatable bonds is 5. The van der Waals surface area contributed by atoms with Gasteiger partial charge in [0, 0.05) is 17.1 Å². The minimum Gasteiger partial charge on any atom is -0.506 e. The number of halogens is 2. The predicted molar refractivity (Wildman–Crippen MR) is 60.1 cm³/mol. The van der Waals surface area contributed by atoms with Gasteiger partial charge in [-0.1, -0.05) is 23.2 Å². The van der Waals surface area contributed by atoms with Crippen molar-refractivity contribution in [3.8, 4) is 5.75 Å². The molecule has 88 valence electrons. The van der Waals surface area contributed by atoms with E-state index in [1.54, 1.807) is 0 Å². The number of nitrogens with one attached hydrogen (secondary N) is 1. The van der Waals surface area contributed by atoms with Crippen molar-refractivity contribution in [1.29, 1.82) is 0 Å². The van der Waals surface area contributed by atoms with E-state index in [2.05, 4.69) is 5.48 Å². The van der Waals surface area contributed by atoms with Crippen LogP contribution in [0.2, 0.25) is 10.0 Å². The number of nitrogens with two attached hydrogens (primary N) is 1. The lowest BCUT2D eigenvalue weighted by atomic mass is 10.2. The highest BCUT2D eigenvalue weighted by Gasteiger charge is 2.07. The molecule has 0 fully saturated rings. The summed E-state index contributed by atoms with van der Waals surface area (Å²) in [6.45, 7) is -0.103. The second-order valence-electron chi connectivity index (χ2n) is 2.97. The van der Waals surface area contributed by atoms with E-state index in [9.17, 15) is 9.90 Å². The molecule has 0 atom stereocenters. The first-order chi connectivity index (χ1) is 7.50. The molecule has 0 bridgehead atoms. The zero-order valence-corrected chi connectivity index (χ0v) is 9.68. The SMILES string of the molecule is NC(=O)CONCc1cc(Cl)cc(Cl)c1O. The van der Waals surface area contributed by atoms with Crippen LogP contribution in [-0.4, -0.2) is 17.6 Å². The van der Waals surface area contributed by atoms with E-state index in [4.69, 9.17) is 33.8 Å². The summed E-state index contributed by atoms with van der Waals surface area (Å²) in [6.07, 6.45) is 0. The quantitative estimate of drug-likeness (QED) is 0.551. The second kappa shape index (κ2) is 5.91. The minimum absolute atomic E-state index is 0.0822. The standard InChI is InChI=1S/C9H10Cl2N2O3/c10-6-1-5(9(15)7(11)2-6)3-13-16-4-8(12)14/h1-2,13,15H,3-4H2,(H2,12,14). The largest absolute Gasteiger partial charge is 0.506 e. The van der Waals surface area contributed by atoms with Gasteiger partial charge in [0.05, 0.1) is 5.02 Å². The summed E-state index contributed by atoms with van der Waals surface area (Å²) in [4.78, 5) is 15.1. The fourth-order valence-electron chi connectivity index (χ4n) is 1.00. The van der Waals surface area contributed by atoms with Gasteiger partial charge in [-0.2, -0.15) is 5.48 Å². The number of aromatic hydroxyl groups is 1. The number of amides is 1. The molecule has 1 amide bonds. The van der Waals surface area contributed by atoms with E-state index in [0.717, 1.165) is 0 Å². The minimum atomic E-state index is -0.596. The molecule has 0 unspecified atom stereocenters. The van der Waals surface area contributed by atoms with Gasteiger partial charge < -0.3 is 10.8 Å². The summed E-state index contributed by atoms with van der Waals surface area (Å²) in [5, 5.41) is 10.1. The third-order valence-electron chi connectivity index (χ3n) is 1.69. The molecule has 0 aromatic heterocycles. The van der Waals surface area contributed by atoms with Gasteiger partial charge in [0.1, 0.15) is 12.4 Å². The summed E-state index contributed by atoms with van der Waals surface area (Å²) >= 11 is 11.5.